The van der Waals surface area contributed by atoms with Gasteiger partial charge in [-0.2, -0.15) is 0 Å². The van der Waals surface area contributed by atoms with E-state index in [4.69, 9.17) is 11.6 Å². The van der Waals surface area contributed by atoms with Gasteiger partial charge in [0.15, 0.2) is 16.9 Å². The van der Waals surface area contributed by atoms with Crippen LogP contribution in [0, 0.1) is 6.92 Å². The van der Waals surface area contributed by atoms with E-state index in [-0.39, 0.29) is 21.6 Å². The van der Waals surface area contributed by atoms with Gasteiger partial charge in [0.2, 0.25) is 0 Å². The molecule has 2 aromatic rings. The number of halogens is 1. The maximum absolute atomic E-state index is 11.7. The fourth-order valence-corrected chi connectivity index (χ4v) is 1.70. The summed E-state index contributed by atoms with van der Waals surface area (Å²) in [6.45, 7) is 5.64. The van der Waals surface area contributed by atoms with E-state index in [1.807, 2.05) is 13.8 Å². The van der Waals surface area contributed by atoms with Crippen molar-refractivity contribution in [2.45, 2.75) is 20.8 Å². The summed E-state index contributed by atoms with van der Waals surface area (Å²) in [7, 11) is 0. The molecule has 1 aromatic carbocycles. The second kappa shape index (κ2) is 5.10. The number of phenols is 2. The normalized spacial score (nSPS) is 9.88. The van der Waals surface area contributed by atoms with Crippen molar-refractivity contribution in [1.82, 2.24) is 4.98 Å². The van der Waals surface area contributed by atoms with Crippen molar-refractivity contribution in [3.05, 3.63) is 33.1 Å². The molecular weight excluding hydrogens is 242 g/mol. The van der Waals surface area contributed by atoms with Crippen LogP contribution < -0.4 is 5.43 Å². The summed E-state index contributed by atoms with van der Waals surface area (Å²) >= 11 is 5.78. The summed E-state index contributed by atoms with van der Waals surface area (Å²) in [6.07, 6.45) is 1.53. The zero-order valence-electron chi connectivity index (χ0n) is 9.84. The summed E-state index contributed by atoms with van der Waals surface area (Å²) in [5.41, 5.74) is 0.629. The largest absolute Gasteiger partial charge is 0.504 e. The molecule has 0 saturated heterocycles. The highest BCUT2D eigenvalue weighted by Crippen LogP contribution is 2.37. The predicted molar refractivity (Wildman–Crippen MR) is 69.0 cm³/mol. The zero-order valence-corrected chi connectivity index (χ0v) is 10.6. The van der Waals surface area contributed by atoms with Gasteiger partial charge in [-0.3, -0.25) is 4.79 Å². The molecule has 0 saturated carbocycles. The lowest BCUT2D eigenvalue weighted by molar-refractivity contribution is 0.405. The Bertz CT molecular complexity index is 605. The number of aromatic amines is 1. The van der Waals surface area contributed by atoms with E-state index in [0.29, 0.717) is 11.1 Å². The number of nitrogens with one attached hydrogen (secondary N) is 1. The van der Waals surface area contributed by atoms with Gasteiger partial charge >= 0.3 is 0 Å². The van der Waals surface area contributed by atoms with Gasteiger partial charge in [0.25, 0.3) is 0 Å². The third-order valence-electron chi connectivity index (χ3n) is 2.25. The molecule has 0 aliphatic carbocycles. The van der Waals surface area contributed by atoms with Gasteiger partial charge < -0.3 is 15.2 Å². The molecule has 0 amide bonds. The lowest BCUT2D eigenvalue weighted by Gasteiger charge is -2.05. The molecule has 4 nitrogen and oxygen atoms in total. The highest BCUT2D eigenvalue weighted by Gasteiger charge is 2.13. The Labute approximate surface area is 103 Å². The van der Waals surface area contributed by atoms with Gasteiger partial charge in [0.1, 0.15) is 0 Å². The molecule has 0 radical (unpaired) electrons. The molecule has 0 unspecified atom stereocenters. The first kappa shape index (κ1) is 13.4. The minimum atomic E-state index is -0.472. The summed E-state index contributed by atoms with van der Waals surface area (Å²) in [5, 5.41) is 18.7. The van der Waals surface area contributed by atoms with Crippen molar-refractivity contribution in [2.75, 3.05) is 0 Å². The number of aryl methyl sites for hydroxylation is 1. The number of aromatic nitrogens is 1. The number of pyridine rings is 1. The van der Waals surface area contributed by atoms with Gasteiger partial charge in [-0.25, -0.2) is 0 Å². The highest BCUT2D eigenvalue weighted by molar-refractivity contribution is 6.37. The van der Waals surface area contributed by atoms with E-state index >= 15 is 0 Å². The molecular formula is C12H14ClNO3. The molecule has 2 rings (SSSR count). The molecule has 3 N–H and O–H groups in total. The molecule has 0 aliphatic heterocycles. The van der Waals surface area contributed by atoms with Gasteiger partial charge in [-0.05, 0) is 6.92 Å². The lowest BCUT2D eigenvalue weighted by Crippen LogP contribution is -2.06. The van der Waals surface area contributed by atoms with Crippen molar-refractivity contribution < 1.29 is 10.2 Å². The van der Waals surface area contributed by atoms with Crippen LogP contribution >= 0.6 is 11.6 Å². The average molecular weight is 256 g/mol. The summed E-state index contributed by atoms with van der Waals surface area (Å²) in [5.74, 6) is -0.827. The molecule has 0 fully saturated rings. The topological polar surface area (TPSA) is 73.3 Å². The maximum Gasteiger partial charge on any atom is 0.193 e. The van der Waals surface area contributed by atoms with Crippen LogP contribution in [0.15, 0.2) is 17.1 Å². The average Bonchev–Trinajstić information content (AvgIpc) is 2.33. The standard InChI is InChI=1S/C10H8ClNO3.C2H6/c1-4-3-12-5-2-6(13)10(15)8(11)7(5)9(4)14;1-2/h2-3,13,15H,1H3,(H,12,14);1-2H3. The monoisotopic (exact) mass is 255 g/mol. The molecule has 0 aliphatic rings. The first-order chi connectivity index (χ1) is 8.02. The third kappa shape index (κ3) is 2.22. The molecule has 1 aromatic heterocycles. The summed E-state index contributed by atoms with van der Waals surface area (Å²) < 4.78 is 0. The Hall–Kier alpha value is -1.68. The smallest absolute Gasteiger partial charge is 0.193 e. The minimum absolute atomic E-state index is 0.130. The van der Waals surface area contributed by atoms with Gasteiger partial charge in [-0.1, -0.05) is 25.4 Å². The molecule has 5 heteroatoms. The fraction of sp³-hybridized carbons (Fsp3) is 0.250. The summed E-state index contributed by atoms with van der Waals surface area (Å²) in [6, 6.07) is 1.26. The van der Waals surface area contributed by atoms with Crippen LogP contribution in [0.5, 0.6) is 11.5 Å². The van der Waals surface area contributed by atoms with Crippen LogP contribution in [0.25, 0.3) is 10.9 Å². The number of aromatic hydroxyl groups is 2. The van der Waals surface area contributed by atoms with Crippen molar-refractivity contribution in [2.24, 2.45) is 0 Å². The first-order valence-electron chi connectivity index (χ1n) is 5.25. The van der Waals surface area contributed by atoms with E-state index in [9.17, 15) is 15.0 Å². The molecule has 92 valence electrons. The number of phenolic OH excluding ortho intramolecular Hbond substituents is 2. The number of benzene rings is 1. The van der Waals surface area contributed by atoms with Crippen LogP contribution in [0.3, 0.4) is 0 Å². The number of hydrogen-bond donors (Lipinski definition) is 3. The van der Waals surface area contributed by atoms with Crippen LogP contribution in [0.1, 0.15) is 19.4 Å². The Morgan fingerprint density at radius 2 is 1.88 bits per heavy atom. The van der Waals surface area contributed by atoms with Crippen LogP contribution in [-0.2, 0) is 0 Å². The molecule has 0 bridgehead atoms. The Kier molecular flexibility index (Phi) is 4.02. The minimum Gasteiger partial charge on any atom is -0.504 e. The van der Waals surface area contributed by atoms with E-state index in [0.717, 1.165) is 0 Å². The maximum atomic E-state index is 11.7. The quantitative estimate of drug-likeness (QED) is 0.634. The second-order valence-corrected chi connectivity index (χ2v) is 3.66. The molecule has 17 heavy (non-hydrogen) atoms. The van der Waals surface area contributed by atoms with E-state index in [2.05, 4.69) is 4.98 Å². The number of rotatable bonds is 0. The number of hydrogen-bond acceptors (Lipinski definition) is 3. The van der Waals surface area contributed by atoms with Crippen molar-refractivity contribution in [1.29, 1.82) is 0 Å². The number of fused-ring (bicyclic) bond motifs is 1. The molecule has 0 spiro atoms. The van der Waals surface area contributed by atoms with Crippen molar-refractivity contribution in [3.63, 3.8) is 0 Å². The molecule has 1 heterocycles. The Morgan fingerprint density at radius 3 is 2.47 bits per heavy atom. The molecule has 0 atom stereocenters. The SMILES string of the molecule is CC.Cc1c[nH]c2cc(O)c(O)c(Cl)c2c1=O. The zero-order chi connectivity index (χ0) is 13.2. The van der Waals surface area contributed by atoms with Gasteiger partial charge in [0, 0.05) is 17.8 Å². The van der Waals surface area contributed by atoms with Crippen molar-refractivity contribution in [3.8, 4) is 11.5 Å². The third-order valence-corrected chi connectivity index (χ3v) is 2.62. The fourth-order valence-electron chi connectivity index (χ4n) is 1.41. The van der Waals surface area contributed by atoms with Crippen LogP contribution in [0.4, 0.5) is 0 Å². The van der Waals surface area contributed by atoms with E-state index in [1.165, 1.54) is 12.3 Å². The Morgan fingerprint density at radius 1 is 1.29 bits per heavy atom. The Balaban J connectivity index is 0.000000686. The van der Waals surface area contributed by atoms with Crippen LogP contribution in [0.2, 0.25) is 5.02 Å². The van der Waals surface area contributed by atoms with Crippen molar-refractivity contribution >= 4 is 22.5 Å². The lowest BCUT2D eigenvalue weighted by atomic mass is 10.1. The highest BCUT2D eigenvalue weighted by atomic mass is 35.5. The van der Waals surface area contributed by atoms with Gasteiger partial charge in [0.05, 0.1) is 15.9 Å². The van der Waals surface area contributed by atoms with Crippen LogP contribution in [-0.4, -0.2) is 15.2 Å². The van der Waals surface area contributed by atoms with E-state index < -0.39 is 5.75 Å². The number of H-pyrrole nitrogens is 1. The first-order valence-corrected chi connectivity index (χ1v) is 5.62. The van der Waals surface area contributed by atoms with Gasteiger partial charge in [-0.15, -0.1) is 0 Å². The predicted octanol–water partition coefficient (Wildman–Crippen LogP) is 2.93. The second-order valence-electron chi connectivity index (χ2n) is 3.28. The summed E-state index contributed by atoms with van der Waals surface area (Å²) in [4.78, 5) is 14.5. The van der Waals surface area contributed by atoms with E-state index in [1.54, 1.807) is 6.92 Å².